The Morgan fingerprint density at radius 3 is 1.90 bits per heavy atom. The molecule has 0 N–H and O–H groups in total. The molecule has 0 heterocycles. The van der Waals surface area contributed by atoms with Gasteiger partial charge in [-0.05, 0) is 5.54 Å². The topological polar surface area (TPSA) is 0 Å². The van der Waals surface area contributed by atoms with Crippen LogP contribution < -0.4 is 0 Å². The van der Waals surface area contributed by atoms with Crippen LogP contribution in [-0.2, 0) is 0 Å². The van der Waals surface area contributed by atoms with Gasteiger partial charge >= 0.3 is 0 Å². The first kappa shape index (κ1) is 10.1. The Labute approximate surface area is 93.6 Å². The molecule has 1 saturated carbocycles. The maximum absolute atomic E-state index is 6.32. The Hall–Kier alpha value is 1.97. The minimum Gasteiger partial charge on any atom is -0.139 e. The highest BCUT2D eigenvalue weighted by Gasteiger charge is 2.35. The number of rotatable bonds is 1. The van der Waals surface area contributed by atoms with Crippen LogP contribution in [0.2, 0.25) is 5.54 Å². The minimum absolute atomic E-state index is 0.879. The SMILES string of the molecule is Cl[Si](I)(I)C1CCCCC1. The van der Waals surface area contributed by atoms with Crippen molar-refractivity contribution >= 4 is 57.1 Å². The fourth-order valence-corrected chi connectivity index (χ4v) is 6.88. The second-order valence-electron chi connectivity index (χ2n) is 2.88. The first-order chi connectivity index (χ1) is 4.61. The molecule has 0 unspecified atom stereocenters. The van der Waals surface area contributed by atoms with Gasteiger partial charge in [-0.25, -0.2) is 0 Å². The fourth-order valence-electron chi connectivity index (χ4n) is 1.43. The highest BCUT2D eigenvalue weighted by atomic mass is 127. The summed E-state index contributed by atoms with van der Waals surface area (Å²) in [6, 6.07) is 0. The fraction of sp³-hybridized carbons (Fsp3) is 1.00. The Bertz CT molecular complexity index is 107. The Morgan fingerprint density at radius 2 is 1.60 bits per heavy atom. The summed E-state index contributed by atoms with van der Waals surface area (Å²) in [6.45, 7) is 0. The largest absolute Gasteiger partial charge is 0.286 e. The van der Waals surface area contributed by atoms with Gasteiger partial charge in [0.15, 0.2) is 0 Å². The number of halogens is 3. The van der Waals surface area contributed by atoms with E-state index in [1.54, 1.807) is 0 Å². The molecule has 0 nitrogen and oxygen atoms in total. The molecule has 10 heavy (non-hydrogen) atoms. The summed E-state index contributed by atoms with van der Waals surface area (Å²) in [5.41, 5.74) is 0.879. The van der Waals surface area contributed by atoms with E-state index in [0.29, 0.717) is 0 Å². The lowest BCUT2D eigenvalue weighted by Gasteiger charge is -2.26. The van der Waals surface area contributed by atoms with E-state index < -0.39 is 2.38 Å². The van der Waals surface area contributed by atoms with Gasteiger partial charge in [-0.1, -0.05) is 75.7 Å². The summed E-state index contributed by atoms with van der Waals surface area (Å²) in [4.78, 5) is 0. The summed E-state index contributed by atoms with van der Waals surface area (Å²) >= 11 is 11.3. The Morgan fingerprint density at radius 1 is 1.10 bits per heavy atom. The van der Waals surface area contributed by atoms with Gasteiger partial charge in [0.1, 0.15) is 0 Å². The third kappa shape index (κ3) is 3.14. The van der Waals surface area contributed by atoms with E-state index in [0.717, 1.165) is 5.54 Å². The van der Waals surface area contributed by atoms with Gasteiger partial charge in [-0.3, -0.25) is 0 Å². The van der Waals surface area contributed by atoms with E-state index in [9.17, 15) is 0 Å². The molecule has 1 aliphatic rings. The molecule has 0 bridgehead atoms. The van der Waals surface area contributed by atoms with Crippen LogP contribution in [0.15, 0.2) is 0 Å². The maximum Gasteiger partial charge on any atom is 0.286 e. The van der Waals surface area contributed by atoms with Gasteiger partial charge in [0.25, 0.3) is 2.38 Å². The van der Waals surface area contributed by atoms with Gasteiger partial charge < -0.3 is 0 Å². The first-order valence-corrected chi connectivity index (χ1v) is 13.0. The summed E-state index contributed by atoms with van der Waals surface area (Å²) in [5.74, 6) is 0. The third-order valence-corrected chi connectivity index (χ3v) is 9.78. The predicted molar refractivity (Wildman–Crippen MR) is 66.5 cm³/mol. The maximum atomic E-state index is 6.32. The molecule has 0 aromatic rings. The average molecular weight is 401 g/mol. The van der Waals surface area contributed by atoms with Crippen molar-refractivity contribution < 1.29 is 0 Å². The van der Waals surface area contributed by atoms with Crippen molar-refractivity contribution in [3.8, 4) is 0 Å². The standard InChI is InChI=1S/C6H11ClI2Si/c7-10(8,9)6-4-2-1-3-5-6/h6H,1-5H2. The zero-order valence-electron chi connectivity index (χ0n) is 5.75. The molecule has 0 aromatic heterocycles. The Balaban J connectivity index is 2.39. The molecule has 0 radical (unpaired) electrons. The lowest BCUT2D eigenvalue weighted by Crippen LogP contribution is -2.20. The van der Waals surface area contributed by atoms with Gasteiger partial charge in [0.05, 0.1) is 0 Å². The molecule has 1 rings (SSSR count). The summed E-state index contributed by atoms with van der Waals surface area (Å²) in [6.07, 6.45) is 7.05. The third-order valence-electron chi connectivity index (χ3n) is 2.07. The van der Waals surface area contributed by atoms with Crippen LogP contribution in [0.3, 0.4) is 0 Å². The molecule has 0 amide bonds. The van der Waals surface area contributed by atoms with E-state index in [4.69, 9.17) is 11.1 Å². The van der Waals surface area contributed by atoms with Crippen LogP contribution in [0.4, 0.5) is 0 Å². The lowest BCUT2D eigenvalue weighted by atomic mass is 10.0. The highest BCUT2D eigenvalue weighted by molar-refractivity contribution is 14.3. The van der Waals surface area contributed by atoms with Crippen LogP contribution in [0.5, 0.6) is 0 Å². The molecule has 0 aromatic carbocycles. The van der Waals surface area contributed by atoms with E-state index >= 15 is 0 Å². The van der Waals surface area contributed by atoms with E-state index in [1.165, 1.54) is 32.1 Å². The zero-order valence-corrected chi connectivity index (χ0v) is 11.8. The number of hydrogen-bond donors (Lipinski definition) is 0. The molecule has 0 saturated heterocycles. The van der Waals surface area contributed by atoms with Gasteiger partial charge in [0.2, 0.25) is 0 Å². The molecule has 4 heteroatoms. The minimum atomic E-state index is -1.34. The quantitative estimate of drug-likeness (QED) is 0.348. The van der Waals surface area contributed by atoms with Crippen molar-refractivity contribution in [1.82, 2.24) is 0 Å². The summed E-state index contributed by atoms with van der Waals surface area (Å²) in [7, 11) is 0. The smallest absolute Gasteiger partial charge is 0.139 e. The van der Waals surface area contributed by atoms with Crippen molar-refractivity contribution in [2.24, 2.45) is 0 Å². The lowest BCUT2D eigenvalue weighted by molar-refractivity contribution is 0.502. The van der Waals surface area contributed by atoms with Gasteiger partial charge in [-0.15, -0.1) is 11.1 Å². The van der Waals surface area contributed by atoms with Gasteiger partial charge in [-0.2, -0.15) is 0 Å². The average Bonchev–Trinajstić information content (AvgIpc) is 1.88. The second kappa shape index (κ2) is 4.27. The molecular formula is C6H11ClI2Si. The van der Waals surface area contributed by atoms with Crippen molar-refractivity contribution in [3.63, 3.8) is 0 Å². The molecule has 0 spiro atoms. The normalized spacial score (nSPS) is 23.1. The van der Waals surface area contributed by atoms with Crippen LogP contribution in [0, 0.1) is 0 Å². The van der Waals surface area contributed by atoms with E-state index in [-0.39, 0.29) is 0 Å². The van der Waals surface area contributed by atoms with Crippen molar-refractivity contribution in [3.05, 3.63) is 0 Å². The second-order valence-corrected chi connectivity index (χ2v) is 26.8. The first-order valence-electron chi connectivity index (χ1n) is 3.67. The monoisotopic (exact) mass is 400 g/mol. The van der Waals surface area contributed by atoms with Crippen molar-refractivity contribution in [2.45, 2.75) is 37.6 Å². The molecule has 0 aliphatic heterocycles. The van der Waals surface area contributed by atoms with Crippen LogP contribution in [0.1, 0.15) is 32.1 Å². The molecule has 1 aliphatic carbocycles. The molecule has 60 valence electrons. The van der Waals surface area contributed by atoms with Crippen LogP contribution in [0.25, 0.3) is 0 Å². The van der Waals surface area contributed by atoms with E-state index in [2.05, 4.69) is 43.6 Å². The van der Waals surface area contributed by atoms with Gasteiger partial charge in [0, 0.05) is 0 Å². The summed E-state index contributed by atoms with van der Waals surface area (Å²) < 4.78 is -1.34. The van der Waals surface area contributed by atoms with Crippen molar-refractivity contribution in [1.29, 1.82) is 0 Å². The number of hydrogen-bond acceptors (Lipinski definition) is 0. The summed E-state index contributed by atoms with van der Waals surface area (Å²) in [5, 5.41) is 0. The van der Waals surface area contributed by atoms with E-state index in [1.807, 2.05) is 0 Å². The van der Waals surface area contributed by atoms with Crippen LogP contribution >= 0.6 is 54.7 Å². The Kier molecular flexibility index (Phi) is 4.29. The molecular weight excluding hydrogens is 389 g/mol. The highest BCUT2D eigenvalue weighted by Crippen LogP contribution is 2.46. The molecule has 1 fully saturated rings. The predicted octanol–water partition coefficient (Wildman–Crippen LogP) is 4.37. The van der Waals surface area contributed by atoms with Crippen LogP contribution in [-0.4, -0.2) is 2.38 Å². The zero-order chi connectivity index (χ0) is 7.61. The van der Waals surface area contributed by atoms with Crippen molar-refractivity contribution in [2.75, 3.05) is 0 Å². The molecule has 0 atom stereocenters.